The predicted molar refractivity (Wildman–Crippen MR) is 96.6 cm³/mol. The number of carbonyl (C=O) groups is 2. The third-order valence-electron chi connectivity index (χ3n) is 4.37. The molecule has 0 atom stereocenters. The lowest BCUT2D eigenvalue weighted by atomic mass is 9.91. The van der Waals surface area contributed by atoms with Gasteiger partial charge >= 0.3 is 0 Å². The monoisotopic (exact) mass is 355 g/mol. The third kappa shape index (κ3) is 4.69. The van der Waals surface area contributed by atoms with Crippen molar-refractivity contribution in [2.75, 3.05) is 32.1 Å². The van der Waals surface area contributed by atoms with E-state index >= 15 is 0 Å². The van der Waals surface area contributed by atoms with Crippen LogP contribution in [-0.4, -0.2) is 44.2 Å². The first-order valence-electron chi connectivity index (χ1n) is 7.89. The van der Waals surface area contributed by atoms with E-state index < -0.39 is 5.60 Å². The summed E-state index contributed by atoms with van der Waals surface area (Å²) >= 11 is 0. The van der Waals surface area contributed by atoms with Crippen LogP contribution in [0.4, 0.5) is 5.69 Å². The first-order chi connectivity index (χ1) is 11.0. The molecule has 1 saturated heterocycles. The predicted octanol–water partition coefficient (Wildman–Crippen LogP) is 1.55. The number of aryl methyl sites for hydroxylation is 2. The average Bonchev–Trinajstić information content (AvgIpc) is 2.56. The van der Waals surface area contributed by atoms with Gasteiger partial charge in [0.15, 0.2) is 0 Å². The summed E-state index contributed by atoms with van der Waals surface area (Å²) in [5.74, 6) is -0.464. The molecular weight excluding hydrogens is 330 g/mol. The van der Waals surface area contributed by atoms with E-state index in [4.69, 9.17) is 4.74 Å². The van der Waals surface area contributed by atoms with Crippen LogP contribution in [0.2, 0.25) is 0 Å². The number of rotatable bonds is 5. The molecule has 3 N–H and O–H groups in total. The Bertz CT molecular complexity index is 566. The SMILES string of the molecule is COC1(C(=O)NCC(=O)Nc2c(C)cccc2C)CCNCC1.Cl. The Morgan fingerprint density at radius 1 is 1.21 bits per heavy atom. The van der Waals surface area contributed by atoms with Crippen molar-refractivity contribution in [1.29, 1.82) is 0 Å². The molecule has 24 heavy (non-hydrogen) atoms. The first-order valence-corrected chi connectivity index (χ1v) is 7.89. The number of nitrogens with one attached hydrogen (secondary N) is 3. The van der Waals surface area contributed by atoms with E-state index in [2.05, 4.69) is 16.0 Å². The van der Waals surface area contributed by atoms with Crippen LogP contribution in [-0.2, 0) is 14.3 Å². The summed E-state index contributed by atoms with van der Waals surface area (Å²) < 4.78 is 5.45. The maximum absolute atomic E-state index is 12.4. The maximum Gasteiger partial charge on any atom is 0.252 e. The third-order valence-corrected chi connectivity index (χ3v) is 4.37. The van der Waals surface area contributed by atoms with E-state index in [0.717, 1.165) is 29.9 Å². The average molecular weight is 356 g/mol. The van der Waals surface area contributed by atoms with E-state index in [1.165, 1.54) is 0 Å². The molecule has 6 nitrogen and oxygen atoms in total. The highest BCUT2D eigenvalue weighted by Gasteiger charge is 2.39. The lowest BCUT2D eigenvalue weighted by Gasteiger charge is -2.34. The van der Waals surface area contributed by atoms with E-state index in [1.54, 1.807) is 7.11 Å². The molecule has 1 aliphatic heterocycles. The standard InChI is InChI=1S/C17H25N3O3.ClH/c1-12-5-4-6-13(2)15(12)20-14(21)11-19-16(22)17(23-3)7-9-18-10-8-17;/h4-6,18H,7-11H2,1-3H3,(H,19,22)(H,20,21);1H. The number of carbonyl (C=O) groups excluding carboxylic acids is 2. The summed E-state index contributed by atoms with van der Waals surface area (Å²) in [6.07, 6.45) is 1.21. The van der Waals surface area contributed by atoms with Gasteiger partial charge in [-0.3, -0.25) is 9.59 Å². The van der Waals surface area contributed by atoms with Crippen molar-refractivity contribution in [3.8, 4) is 0 Å². The fraction of sp³-hybridized carbons (Fsp3) is 0.529. The molecular formula is C17H26ClN3O3. The van der Waals surface area contributed by atoms with E-state index in [9.17, 15) is 9.59 Å². The van der Waals surface area contributed by atoms with Crippen molar-refractivity contribution in [2.24, 2.45) is 0 Å². The van der Waals surface area contributed by atoms with Gasteiger partial charge in [0.1, 0.15) is 5.60 Å². The van der Waals surface area contributed by atoms with Crippen LogP contribution < -0.4 is 16.0 Å². The van der Waals surface area contributed by atoms with Crippen LogP contribution in [0.15, 0.2) is 18.2 Å². The largest absolute Gasteiger partial charge is 0.368 e. The molecule has 1 fully saturated rings. The van der Waals surface area contributed by atoms with E-state index in [-0.39, 0.29) is 30.8 Å². The molecule has 1 aromatic rings. The molecule has 1 aliphatic rings. The number of methoxy groups -OCH3 is 1. The Hall–Kier alpha value is -1.63. The van der Waals surface area contributed by atoms with Gasteiger partial charge in [-0.2, -0.15) is 0 Å². The summed E-state index contributed by atoms with van der Waals surface area (Å²) in [6, 6.07) is 5.83. The number of anilines is 1. The molecule has 0 spiro atoms. The number of halogens is 1. The molecule has 0 aromatic heterocycles. The van der Waals surface area contributed by atoms with Crippen LogP contribution in [0, 0.1) is 13.8 Å². The van der Waals surface area contributed by atoms with Crippen LogP contribution in [0.3, 0.4) is 0 Å². The smallest absolute Gasteiger partial charge is 0.252 e. The highest BCUT2D eigenvalue weighted by atomic mass is 35.5. The molecule has 0 bridgehead atoms. The van der Waals surface area contributed by atoms with Crippen LogP contribution in [0.5, 0.6) is 0 Å². The second-order valence-electron chi connectivity index (χ2n) is 5.95. The Morgan fingerprint density at radius 3 is 2.33 bits per heavy atom. The normalized spacial score (nSPS) is 16.0. The first kappa shape index (κ1) is 20.4. The number of para-hydroxylation sites is 1. The molecule has 1 heterocycles. The fourth-order valence-corrected chi connectivity index (χ4v) is 2.87. The number of ether oxygens (including phenoxy) is 1. The van der Waals surface area contributed by atoms with Crippen molar-refractivity contribution >= 4 is 29.9 Å². The van der Waals surface area contributed by atoms with Crippen molar-refractivity contribution in [1.82, 2.24) is 10.6 Å². The van der Waals surface area contributed by atoms with Gasteiger partial charge in [-0.25, -0.2) is 0 Å². The molecule has 0 saturated carbocycles. The number of piperidine rings is 1. The Morgan fingerprint density at radius 2 is 1.79 bits per heavy atom. The van der Waals surface area contributed by atoms with Crippen LogP contribution >= 0.6 is 12.4 Å². The van der Waals surface area contributed by atoms with Gasteiger partial charge in [-0.05, 0) is 50.9 Å². The topological polar surface area (TPSA) is 79.5 Å². The molecule has 1 aromatic carbocycles. The van der Waals surface area contributed by atoms with Gasteiger partial charge in [0.25, 0.3) is 5.91 Å². The highest BCUT2D eigenvalue weighted by Crippen LogP contribution is 2.22. The summed E-state index contributed by atoms with van der Waals surface area (Å²) in [7, 11) is 1.54. The maximum atomic E-state index is 12.4. The summed E-state index contributed by atoms with van der Waals surface area (Å²) in [6.45, 7) is 5.28. The zero-order valence-corrected chi connectivity index (χ0v) is 15.2. The second-order valence-corrected chi connectivity index (χ2v) is 5.95. The Labute approximate surface area is 149 Å². The molecule has 2 amide bonds. The van der Waals surface area contributed by atoms with Crippen molar-refractivity contribution in [2.45, 2.75) is 32.3 Å². The lowest BCUT2D eigenvalue weighted by molar-refractivity contribution is -0.147. The molecule has 134 valence electrons. The van der Waals surface area contributed by atoms with Crippen molar-refractivity contribution in [3.63, 3.8) is 0 Å². The van der Waals surface area contributed by atoms with Gasteiger partial charge in [0.2, 0.25) is 5.91 Å². The molecule has 0 aliphatic carbocycles. The Kier molecular flexibility index (Phi) is 7.66. The van der Waals surface area contributed by atoms with Gasteiger partial charge in [0, 0.05) is 12.8 Å². The molecule has 2 rings (SSSR count). The highest BCUT2D eigenvalue weighted by molar-refractivity contribution is 5.97. The summed E-state index contributed by atoms with van der Waals surface area (Å²) in [4.78, 5) is 24.5. The minimum atomic E-state index is -0.829. The van der Waals surface area contributed by atoms with Gasteiger partial charge in [-0.15, -0.1) is 12.4 Å². The zero-order chi connectivity index (χ0) is 16.9. The fourth-order valence-electron chi connectivity index (χ4n) is 2.87. The van der Waals surface area contributed by atoms with Gasteiger partial charge in [-0.1, -0.05) is 18.2 Å². The lowest BCUT2D eigenvalue weighted by Crippen LogP contribution is -2.55. The number of hydrogen-bond acceptors (Lipinski definition) is 4. The van der Waals surface area contributed by atoms with Crippen molar-refractivity contribution in [3.05, 3.63) is 29.3 Å². The van der Waals surface area contributed by atoms with Gasteiger partial charge in [0.05, 0.1) is 6.54 Å². The van der Waals surface area contributed by atoms with Gasteiger partial charge < -0.3 is 20.7 Å². The zero-order valence-electron chi connectivity index (χ0n) is 14.4. The number of benzene rings is 1. The molecule has 0 radical (unpaired) electrons. The molecule has 7 heteroatoms. The van der Waals surface area contributed by atoms with Crippen LogP contribution in [0.1, 0.15) is 24.0 Å². The van der Waals surface area contributed by atoms with Crippen molar-refractivity contribution < 1.29 is 14.3 Å². The summed E-state index contributed by atoms with van der Waals surface area (Å²) in [5.41, 5.74) is 1.97. The van der Waals surface area contributed by atoms with E-state index in [1.807, 2.05) is 32.0 Å². The van der Waals surface area contributed by atoms with Crippen LogP contribution in [0.25, 0.3) is 0 Å². The summed E-state index contributed by atoms with van der Waals surface area (Å²) in [5, 5.41) is 8.76. The molecule has 0 unspecified atom stereocenters. The minimum Gasteiger partial charge on any atom is -0.368 e. The minimum absolute atomic E-state index is 0. The van der Waals surface area contributed by atoms with E-state index in [0.29, 0.717) is 12.8 Å². The number of amides is 2. The quantitative estimate of drug-likeness (QED) is 0.748. The number of hydrogen-bond donors (Lipinski definition) is 3. The Balaban J connectivity index is 0.00000288. The second kappa shape index (κ2) is 9.01.